The number of aromatic nitrogens is 2. The van der Waals surface area contributed by atoms with Crippen LogP contribution in [0.5, 0.6) is 5.75 Å². The number of fused-ring (bicyclic) bond motifs is 1. The molecule has 3 N–H and O–H groups in total. The second kappa shape index (κ2) is 8.39. The van der Waals surface area contributed by atoms with Crippen LogP contribution in [0.4, 0.5) is 5.69 Å². The van der Waals surface area contributed by atoms with Crippen molar-refractivity contribution in [3.8, 4) is 11.4 Å². The molecule has 170 valence electrons. The number of carboxylic acids is 1. The number of benzene rings is 2. The third-order valence-corrected chi connectivity index (χ3v) is 7.32. The van der Waals surface area contributed by atoms with Crippen LogP contribution < -0.4 is 20.7 Å². The number of sulfonamides is 1. The van der Waals surface area contributed by atoms with Crippen LogP contribution in [0.15, 0.2) is 62.3 Å². The number of H-pyrrole nitrogens is 1. The van der Waals surface area contributed by atoms with E-state index in [0.29, 0.717) is 10.3 Å². The van der Waals surface area contributed by atoms with E-state index < -0.39 is 27.2 Å². The highest BCUT2D eigenvalue weighted by Crippen LogP contribution is 2.26. The van der Waals surface area contributed by atoms with Crippen LogP contribution in [0, 0.1) is 0 Å². The number of aromatic carboxylic acids is 1. The molecule has 0 atom stereocenters. The van der Waals surface area contributed by atoms with E-state index in [-0.39, 0.29) is 37.1 Å². The normalized spacial score (nSPS) is 11.5. The summed E-state index contributed by atoms with van der Waals surface area (Å²) in [6.07, 6.45) is 0. The van der Waals surface area contributed by atoms with Crippen LogP contribution >= 0.6 is 22.9 Å². The molecule has 2 aromatic carbocycles. The minimum Gasteiger partial charge on any atom is -0.497 e. The van der Waals surface area contributed by atoms with Crippen LogP contribution in [0.25, 0.3) is 16.6 Å². The molecule has 0 aliphatic heterocycles. The highest BCUT2D eigenvalue weighted by Gasteiger charge is 2.22. The number of hydrogen-bond donors (Lipinski definition) is 3. The number of hydrogen-bond acceptors (Lipinski definition) is 7. The molecule has 2 heterocycles. The van der Waals surface area contributed by atoms with Crippen LogP contribution in [0.2, 0.25) is 5.02 Å². The Morgan fingerprint density at radius 3 is 2.52 bits per heavy atom. The fourth-order valence-electron chi connectivity index (χ4n) is 3.12. The Hall–Kier alpha value is -3.61. The molecular weight excluding hydrogens is 494 g/mol. The molecule has 0 spiro atoms. The lowest BCUT2D eigenvalue weighted by Gasteiger charge is -2.12. The Morgan fingerprint density at radius 2 is 1.88 bits per heavy atom. The summed E-state index contributed by atoms with van der Waals surface area (Å²) in [5.74, 6) is -0.799. The van der Waals surface area contributed by atoms with Gasteiger partial charge in [0.05, 0.1) is 33.6 Å². The van der Waals surface area contributed by atoms with E-state index >= 15 is 0 Å². The number of carboxylic acid groups (broad SMARTS) is 1. The van der Waals surface area contributed by atoms with Gasteiger partial charge in [-0.2, -0.15) is 0 Å². The van der Waals surface area contributed by atoms with Crippen molar-refractivity contribution in [2.45, 2.75) is 4.90 Å². The Labute approximate surface area is 194 Å². The number of aromatic amines is 1. The zero-order valence-electron chi connectivity index (χ0n) is 16.7. The van der Waals surface area contributed by atoms with Gasteiger partial charge in [-0.1, -0.05) is 11.6 Å². The molecule has 10 nitrogen and oxygen atoms in total. The molecule has 33 heavy (non-hydrogen) atoms. The van der Waals surface area contributed by atoms with Gasteiger partial charge in [-0.15, -0.1) is 11.3 Å². The summed E-state index contributed by atoms with van der Waals surface area (Å²) in [7, 11) is -2.65. The largest absolute Gasteiger partial charge is 0.497 e. The van der Waals surface area contributed by atoms with E-state index in [1.807, 2.05) is 0 Å². The van der Waals surface area contributed by atoms with Gasteiger partial charge in [-0.25, -0.2) is 22.6 Å². The van der Waals surface area contributed by atoms with Gasteiger partial charge in [0.1, 0.15) is 10.6 Å². The van der Waals surface area contributed by atoms with Gasteiger partial charge >= 0.3 is 11.7 Å². The predicted octanol–water partition coefficient (Wildman–Crippen LogP) is 2.90. The molecule has 0 unspecified atom stereocenters. The van der Waals surface area contributed by atoms with Crippen molar-refractivity contribution in [3.63, 3.8) is 0 Å². The first-order chi connectivity index (χ1) is 15.6. The summed E-state index contributed by atoms with van der Waals surface area (Å²) < 4.78 is 33.8. The second-order valence-corrected chi connectivity index (χ2v) is 9.65. The standard InChI is InChI=1S/C20H14ClN3O7S2/c1-31-11-4-2-10(3-5-11)23-33(29,30)12-6-7-13(21)15(8-12)24-18(25)16-14(22-20(24)28)9-32-17(16)19(26)27/h2-9,23H,1H3,(H,22,28)(H,26,27). The van der Waals surface area contributed by atoms with E-state index in [1.54, 1.807) is 12.1 Å². The monoisotopic (exact) mass is 507 g/mol. The average Bonchev–Trinajstić information content (AvgIpc) is 3.19. The topological polar surface area (TPSA) is 148 Å². The summed E-state index contributed by atoms with van der Waals surface area (Å²) in [6.45, 7) is 0. The maximum Gasteiger partial charge on any atom is 0.346 e. The molecule has 0 bridgehead atoms. The fourth-order valence-corrected chi connectivity index (χ4v) is 5.23. The van der Waals surface area contributed by atoms with Crippen LogP contribution in [0.3, 0.4) is 0 Å². The number of rotatable bonds is 6. The van der Waals surface area contributed by atoms with E-state index in [0.717, 1.165) is 17.4 Å². The first-order valence-electron chi connectivity index (χ1n) is 9.09. The van der Waals surface area contributed by atoms with Crippen molar-refractivity contribution in [2.75, 3.05) is 11.8 Å². The number of anilines is 1. The molecule has 0 fully saturated rings. The Kier molecular flexibility index (Phi) is 5.74. The molecule has 4 rings (SSSR count). The summed E-state index contributed by atoms with van der Waals surface area (Å²) in [5, 5.41) is 10.4. The maximum absolute atomic E-state index is 13.1. The van der Waals surface area contributed by atoms with Gasteiger partial charge in [0.2, 0.25) is 0 Å². The van der Waals surface area contributed by atoms with Crippen molar-refractivity contribution in [1.82, 2.24) is 9.55 Å². The number of carbonyl (C=O) groups is 1. The second-order valence-electron chi connectivity index (χ2n) is 6.68. The molecule has 0 amide bonds. The number of halogens is 1. The van der Waals surface area contributed by atoms with Gasteiger partial charge in [-0.05, 0) is 42.5 Å². The van der Waals surface area contributed by atoms with Crippen LogP contribution in [-0.2, 0) is 10.0 Å². The lowest BCUT2D eigenvalue weighted by Crippen LogP contribution is -2.34. The van der Waals surface area contributed by atoms with Crippen LogP contribution in [-0.4, -0.2) is 36.2 Å². The van der Waals surface area contributed by atoms with Crippen LogP contribution in [0.1, 0.15) is 9.67 Å². The summed E-state index contributed by atoms with van der Waals surface area (Å²) in [4.78, 5) is 39.0. The first kappa shape index (κ1) is 22.6. The molecule has 0 radical (unpaired) electrons. The minimum atomic E-state index is -4.13. The van der Waals surface area contributed by atoms with Gasteiger partial charge in [0.25, 0.3) is 15.6 Å². The van der Waals surface area contributed by atoms with E-state index in [2.05, 4.69) is 9.71 Å². The number of methoxy groups -OCH3 is 1. The number of ether oxygens (including phenoxy) is 1. The smallest absolute Gasteiger partial charge is 0.346 e. The average molecular weight is 508 g/mol. The predicted molar refractivity (Wildman–Crippen MR) is 124 cm³/mol. The Morgan fingerprint density at radius 1 is 1.18 bits per heavy atom. The third-order valence-electron chi connectivity index (χ3n) is 4.66. The highest BCUT2D eigenvalue weighted by molar-refractivity contribution is 7.92. The van der Waals surface area contributed by atoms with Crippen molar-refractivity contribution >= 4 is 55.5 Å². The van der Waals surface area contributed by atoms with Crippen molar-refractivity contribution < 1.29 is 23.1 Å². The molecule has 0 aliphatic carbocycles. The van der Waals surface area contributed by atoms with Gasteiger partial charge in [0, 0.05) is 11.1 Å². The lowest BCUT2D eigenvalue weighted by atomic mass is 10.2. The fraction of sp³-hybridized carbons (Fsp3) is 0.0500. The molecule has 0 saturated heterocycles. The molecule has 2 aromatic heterocycles. The molecule has 13 heteroatoms. The Bertz CT molecular complexity index is 1620. The zero-order valence-corrected chi connectivity index (χ0v) is 19.0. The lowest BCUT2D eigenvalue weighted by molar-refractivity contribution is 0.0704. The summed E-state index contributed by atoms with van der Waals surface area (Å²) in [5.41, 5.74) is -1.74. The van der Waals surface area contributed by atoms with E-state index in [9.17, 15) is 27.9 Å². The van der Waals surface area contributed by atoms with E-state index in [1.165, 1.54) is 36.8 Å². The third kappa shape index (κ3) is 4.11. The number of nitrogens with one attached hydrogen (secondary N) is 2. The first-order valence-corrected chi connectivity index (χ1v) is 11.8. The molecule has 0 saturated carbocycles. The summed E-state index contributed by atoms with van der Waals surface area (Å²) in [6, 6.07) is 9.63. The number of thiophene rings is 1. The van der Waals surface area contributed by atoms with Crippen molar-refractivity contribution in [2.24, 2.45) is 0 Å². The highest BCUT2D eigenvalue weighted by atomic mass is 35.5. The zero-order chi connectivity index (χ0) is 23.9. The van der Waals surface area contributed by atoms with Gasteiger partial charge in [-0.3, -0.25) is 9.52 Å². The molecular formula is C20H14ClN3O7S2. The Balaban J connectivity index is 1.85. The quantitative estimate of drug-likeness (QED) is 0.363. The van der Waals surface area contributed by atoms with Gasteiger partial charge in [0.15, 0.2) is 0 Å². The molecule has 4 aromatic rings. The van der Waals surface area contributed by atoms with E-state index in [4.69, 9.17) is 16.3 Å². The van der Waals surface area contributed by atoms with Crippen molar-refractivity contribution in [1.29, 1.82) is 0 Å². The maximum atomic E-state index is 13.1. The van der Waals surface area contributed by atoms with Crippen molar-refractivity contribution in [3.05, 3.63) is 78.6 Å². The van der Waals surface area contributed by atoms with Gasteiger partial charge < -0.3 is 14.8 Å². The number of nitrogens with zero attached hydrogens (tertiary/aromatic N) is 1. The molecule has 0 aliphatic rings. The summed E-state index contributed by atoms with van der Waals surface area (Å²) >= 11 is 6.97. The minimum absolute atomic E-state index is 0.0599. The SMILES string of the molecule is COc1ccc(NS(=O)(=O)c2ccc(Cl)c(-n3c(=O)[nH]c4csc(C(=O)O)c4c3=O)c2)cc1.